The van der Waals surface area contributed by atoms with Crippen molar-refractivity contribution >= 4 is 17.3 Å². The zero-order chi connectivity index (χ0) is 12.4. The summed E-state index contributed by atoms with van der Waals surface area (Å²) >= 11 is 5.54. The van der Waals surface area contributed by atoms with Crippen LogP contribution in [0.25, 0.3) is 11.5 Å². The topological polar surface area (TPSA) is 69.2 Å². The SMILES string of the molecule is O=[N+]([O-])c1cc(F)ccc1-c1nc(CCl)co1. The molecule has 1 aromatic carbocycles. The van der Waals surface area contributed by atoms with Gasteiger partial charge in [-0.3, -0.25) is 10.1 Å². The van der Waals surface area contributed by atoms with E-state index in [1.54, 1.807) is 0 Å². The molecule has 0 aliphatic heterocycles. The Morgan fingerprint density at radius 1 is 1.53 bits per heavy atom. The largest absolute Gasteiger partial charge is 0.444 e. The molecular formula is C10H6ClFN2O3. The van der Waals surface area contributed by atoms with E-state index in [9.17, 15) is 14.5 Å². The van der Waals surface area contributed by atoms with Gasteiger partial charge in [0.05, 0.1) is 22.6 Å². The molecule has 0 aliphatic rings. The van der Waals surface area contributed by atoms with E-state index in [0.717, 1.165) is 12.1 Å². The lowest BCUT2D eigenvalue weighted by Gasteiger charge is -1.98. The van der Waals surface area contributed by atoms with Crippen LogP contribution in [-0.2, 0) is 5.88 Å². The number of halogens is 2. The predicted molar refractivity (Wildman–Crippen MR) is 58.1 cm³/mol. The molecule has 0 unspecified atom stereocenters. The molecule has 0 saturated carbocycles. The van der Waals surface area contributed by atoms with Gasteiger partial charge < -0.3 is 4.42 Å². The standard InChI is InChI=1S/C10H6ClFN2O3/c11-4-7-5-17-10(13-7)8-2-1-6(12)3-9(8)14(15)16/h1-3,5H,4H2. The Morgan fingerprint density at radius 3 is 2.88 bits per heavy atom. The fourth-order valence-electron chi connectivity index (χ4n) is 1.33. The van der Waals surface area contributed by atoms with Crippen molar-refractivity contribution in [1.82, 2.24) is 4.98 Å². The molecule has 1 aromatic heterocycles. The summed E-state index contributed by atoms with van der Waals surface area (Å²) < 4.78 is 18.0. The van der Waals surface area contributed by atoms with Crippen LogP contribution in [0, 0.1) is 15.9 Å². The minimum absolute atomic E-state index is 0.0485. The van der Waals surface area contributed by atoms with E-state index in [-0.39, 0.29) is 17.3 Å². The van der Waals surface area contributed by atoms with Gasteiger partial charge in [0.1, 0.15) is 17.6 Å². The van der Waals surface area contributed by atoms with Crippen LogP contribution in [0.4, 0.5) is 10.1 Å². The molecular weight excluding hydrogens is 251 g/mol. The minimum atomic E-state index is -0.691. The molecule has 0 N–H and O–H groups in total. The number of nitro groups is 1. The van der Waals surface area contributed by atoms with E-state index < -0.39 is 16.4 Å². The molecule has 7 heteroatoms. The first-order valence-corrected chi connectivity index (χ1v) is 5.10. The molecule has 1 heterocycles. The third-order valence-corrected chi connectivity index (χ3v) is 2.35. The molecule has 0 radical (unpaired) electrons. The first-order valence-electron chi connectivity index (χ1n) is 4.56. The van der Waals surface area contributed by atoms with E-state index in [2.05, 4.69) is 4.98 Å². The summed E-state index contributed by atoms with van der Waals surface area (Å²) in [4.78, 5) is 14.0. The van der Waals surface area contributed by atoms with E-state index in [1.165, 1.54) is 12.3 Å². The number of alkyl halides is 1. The molecule has 0 amide bonds. The van der Waals surface area contributed by atoms with E-state index >= 15 is 0 Å². The number of aromatic nitrogens is 1. The van der Waals surface area contributed by atoms with Crippen LogP contribution in [0.15, 0.2) is 28.9 Å². The van der Waals surface area contributed by atoms with Crippen molar-refractivity contribution < 1.29 is 13.7 Å². The number of oxazole rings is 1. The smallest absolute Gasteiger partial charge is 0.284 e. The predicted octanol–water partition coefficient (Wildman–Crippen LogP) is 3.13. The van der Waals surface area contributed by atoms with Gasteiger partial charge in [-0.25, -0.2) is 9.37 Å². The van der Waals surface area contributed by atoms with E-state index in [4.69, 9.17) is 16.0 Å². The second kappa shape index (κ2) is 4.50. The van der Waals surface area contributed by atoms with Crippen molar-refractivity contribution in [2.24, 2.45) is 0 Å². The summed E-state index contributed by atoms with van der Waals surface area (Å²) in [5, 5.41) is 10.8. The van der Waals surface area contributed by atoms with Crippen LogP contribution in [-0.4, -0.2) is 9.91 Å². The van der Waals surface area contributed by atoms with Gasteiger partial charge in [0, 0.05) is 0 Å². The van der Waals surface area contributed by atoms with Crippen LogP contribution < -0.4 is 0 Å². The van der Waals surface area contributed by atoms with Crippen molar-refractivity contribution in [2.45, 2.75) is 5.88 Å². The molecule has 17 heavy (non-hydrogen) atoms. The van der Waals surface area contributed by atoms with Gasteiger partial charge in [-0.15, -0.1) is 11.6 Å². The van der Waals surface area contributed by atoms with Crippen molar-refractivity contribution in [1.29, 1.82) is 0 Å². The molecule has 88 valence electrons. The van der Waals surface area contributed by atoms with Crippen molar-refractivity contribution in [3.63, 3.8) is 0 Å². The lowest BCUT2D eigenvalue weighted by atomic mass is 10.2. The van der Waals surface area contributed by atoms with Gasteiger partial charge in [-0.05, 0) is 12.1 Å². The van der Waals surface area contributed by atoms with Crippen LogP contribution in [0.3, 0.4) is 0 Å². The fourth-order valence-corrected chi connectivity index (χ4v) is 1.45. The molecule has 2 aromatic rings. The second-order valence-corrected chi connectivity index (χ2v) is 3.46. The lowest BCUT2D eigenvalue weighted by molar-refractivity contribution is -0.384. The number of rotatable bonds is 3. The summed E-state index contributed by atoms with van der Waals surface area (Å²) in [6.45, 7) is 0. The van der Waals surface area contributed by atoms with Crippen molar-refractivity contribution in [3.8, 4) is 11.5 Å². The Morgan fingerprint density at radius 2 is 2.29 bits per heavy atom. The maximum absolute atomic E-state index is 12.9. The lowest BCUT2D eigenvalue weighted by Crippen LogP contribution is -1.93. The normalized spacial score (nSPS) is 10.5. The first-order chi connectivity index (χ1) is 8.11. The van der Waals surface area contributed by atoms with E-state index in [1.807, 2.05) is 0 Å². The Bertz CT molecular complexity index is 570. The number of benzene rings is 1. The average molecular weight is 257 g/mol. The van der Waals surface area contributed by atoms with Gasteiger partial charge >= 0.3 is 0 Å². The highest BCUT2D eigenvalue weighted by molar-refractivity contribution is 6.16. The molecule has 2 rings (SSSR count). The van der Waals surface area contributed by atoms with Gasteiger partial charge in [0.15, 0.2) is 0 Å². The van der Waals surface area contributed by atoms with Crippen molar-refractivity contribution in [3.05, 3.63) is 46.1 Å². The molecule has 0 spiro atoms. The Labute approximate surface area is 100.0 Å². The molecule has 0 bridgehead atoms. The summed E-state index contributed by atoms with van der Waals surface area (Å²) in [7, 11) is 0. The summed E-state index contributed by atoms with van der Waals surface area (Å²) in [6, 6.07) is 3.17. The Balaban J connectivity index is 2.54. The van der Waals surface area contributed by atoms with Gasteiger partial charge in [-0.1, -0.05) is 0 Å². The monoisotopic (exact) mass is 256 g/mol. The van der Waals surface area contributed by atoms with Gasteiger partial charge in [-0.2, -0.15) is 0 Å². The number of hydrogen-bond acceptors (Lipinski definition) is 4. The summed E-state index contributed by atoms with van der Waals surface area (Å²) in [6.07, 6.45) is 1.30. The average Bonchev–Trinajstić information content (AvgIpc) is 2.77. The van der Waals surface area contributed by atoms with E-state index in [0.29, 0.717) is 5.69 Å². The minimum Gasteiger partial charge on any atom is -0.444 e. The number of hydrogen-bond donors (Lipinski definition) is 0. The second-order valence-electron chi connectivity index (χ2n) is 3.20. The highest BCUT2D eigenvalue weighted by Crippen LogP contribution is 2.29. The zero-order valence-corrected chi connectivity index (χ0v) is 9.15. The quantitative estimate of drug-likeness (QED) is 0.481. The third-order valence-electron chi connectivity index (χ3n) is 2.08. The van der Waals surface area contributed by atoms with Gasteiger partial charge in [0.25, 0.3) is 5.69 Å². The summed E-state index contributed by atoms with van der Waals surface area (Å²) in [5.41, 5.74) is 0.182. The molecule has 0 saturated heterocycles. The number of nitro benzene ring substituents is 1. The van der Waals surface area contributed by atoms with Crippen LogP contribution >= 0.6 is 11.6 Å². The van der Waals surface area contributed by atoms with Crippen LogP contribution in [0.5, 0.6) is 0 Å². The van der Waals surface area contributed by atoms with Crippen LogP contribution in [0.1, 0.15) is 5.69 Å². The fraction of sp³-hybridized carbons (Fsp3) is 0.100. The maximum atomic E-state index is 12.9. The molecule has 0 atom stereocenters. The van der Waals surface area contributed by atoms with Gasteiger partial charge in [0.2, 0.25) is 5.89 Å². The zero-order valence-electron chi connectivity index (χ0n) is 8.39. The Kier molecular flexibility index (Phi) is 3.06. The molecule has 0 aliphatic carbocycles. The van der Waals surface area contributed by atoms with Crippen molar-refractivity contribution in [2.75, 3.05) is 0 Å². The molecule has 0 fully saturated rings. The number of nitrogens with zero attached hydrogens (tertiary/aromatic N) is 2. The maximum Gasteiger partial charge on any atom is 0.284 e. The third kappa shape index (κ3) is 2.26. The summed E-state index contributed by atoms with van der Waals surface area (Å²) in [5.74, 6) is -0.504. The first kappa shape index (κ1) is 11.5. The highest BCUT2D eigenvalue weighted by Gasteiger charge is 2.20. The molecule has 5 nitrogen and oxygen atoms in total. The van der Waals surface area contributed by atoms with Crippen LogP contribution in [0.2, 0.25) is 0 Å². The Hall–Kier alpha value is -1.95. The highest BCUT2D eigenvalue weighted by atomic mass is 35.5.